The van der Waals surface area contributed by atoms with Crippen molar-refractivity contribution in [3.8, 4) is 0 Å². The zero-order chi connectivity index (χ0) is 13.2. The van der Waals surface area contributed by atoms with Crippen molar-refractivity contribution in [2.45, 2.75) is 39.2 Å². The molecule has 0 saturated carbocycles. The van der Waals surface area contributed by atoms with E-state index in [1.54, 1.807) is 11.1 Å². The molecule has 2 heteroatoms. The molecule has 1 aromatic heterocycles. The minimum Gasteiger partial charge on any atom is -0.377 e. The lowest BCUT2D eigenvalue weighted by Crippen LogP contribution is -2.15. The Bertz CT molecular complexity index is 542. The molecular weight excluding hydrogens is 250 g/mol. The van der Waals surface area contributed by atoms with Gasteiger partial charge < -0.3 is 5.32 Å². The minimum absolute atomic E-state index is 0.416. The molecule has 0 saturated heterocycles. The fourth-order valence-corrected chi connectivity index (χ4v) is 3.82. The van der Waals surface area contributed by atoms with Crippen LogP contribution in [0.4, 0.5) is 5.69 Å². The number of benzene rings is 1. The molecule has 1 N–H and O–H groups in total. The Hall–Kier alpha value is -1.28. The van der Waals surface area contributed by atoms with Crippen LogP contribution in [0.2, 0.25) is 0 Å². The van der Waals surface area contributed by atoms with Gasteiger partial charge in [0.05, 0.1) is 6.04 Å². The van der Waals surface area contributed by atoms with E-state index in [1.807, 2.05) is 11.3 Å². The molecule has 1 heterocycles. The zero-order valence-electron chi connectivity index (χ0n) is 11.6. The Kier molecular flexibility index (Phi) is 3.61. The van der Waals surface area contributed by atoms with E-state index in [2.05, 4.69) is 54.9 Å². The van der Waals surface area contributed by atoms with Crippen LogP contribution in [0, 0.1) is 5.92 Å². The van der Waals surface area contributed by atoms with Crippen molar-refractivity contribution < 1.29 is 0 Å². The van der Waals surface area contributed by atoms with E-state index in [0.717, 1.165) is 0 Å². The van der Waals surface area contributed by atoms with Crippen LogP contribution in [0.5, 0.6) is 0 Å². The fraction of sp³-hybridized carbons (Fsp3) is 0.412. The maximum atomic E-state index is 3.72. The maximum Gasteiger partial charge on any atom is 0.0629 e. The van der Waals surface area contributed by atoms with Crippen LogP contribution in [-0.2, 0) is 12.8 Å². The van der Waals surface area contributed by atoms with Gasteiger partial charge in [-0.2, -0.15) is 0 Å². The molecule has 3 rings (SSSR count). The van der Waals surface area contributed by atoms with Crippen molar-refractivity contribution in [3.05, 3.63) is 51.7 Å². The Balaban J connectivity index is 1.82. The lowest BCUT2D eigenvalue weighted by molar-refractivity contribution is 0.554. The van der Waals surface area contributed by atoms with E-state index >= 15 is 0 Å². The first-order valence-electron chi connectivity index (χ1n) is 7.16. The molecule has 0 fully saturated rings. The van der Waals surface area contributed by atoms with Crippen LogP contribution in [0.15, 0.2) is 35.7 Å². The Labute approximate surface area is 119 Å². The van der Waals surface area contributed by atoms with Gasteiger partial charge in [0.25, 0.3) is 0 Å². The summed E-state index contributed by atoms with van der Waals surface area (Å²) < 4.78 is 0. The summed E-state index contributed by atoms with van der Waals surface area (Å²) in [5.74, 6) is 0.590. The van der Waals surface area contributed by atoms with Gasteiger partial charge >= 0.3 is 0 Å². The van der Waals surface area contributed by atoms with Crippen LogP contribution >= 0.6 is 11.3 Å². The predicted octanol–water partition coefficient (Wildman–Crippen LogP) is 5.05. The number of anilines is 1. The van der Waals surface area contributed by atoms with Crippen molar-refractivity contribution in [2.24, 2.45) is 5.92 Å². The van der Waals surface area contributed by atoms with Crippen LogP contribution in [-0.4, -0.2) is 0 Å². The summed E-state index contributed by atoms with van der Waals surface area (Å²) in [5, 5.41) is 5.88. The van der Waals surface area contributed by atoms with E-state index in [-0.39, 0.29) is 0 Å². The average molecular weight is 271 g/mol. The van der Waals surface area contributed by atoms with E-state index in [1.165, 1.54) is 29.8 Å². The average Bonchev–Trinajstić information content (AvgIpc) is 3.06. The number of rotatable bonds is 4. The molecule has 0 spiro atoms. The molecule has 2 aromatic rings. The Morgan fingerprint density at radius 2 is 1.95 bits per heavy atom. The second-order valence-electron chi connectivity index (χ2n) is 5.72. The number of fused-ring (bicyclic) bond motifs is 1. The molecular formula is C17H21NS. The first kappa shape index (κ1) is 12.7. The molecule has 0 bridgehead atoms. The maximum absolute atomic E-state index is 3.72. The highest BCUT2D eigenvalue weighted by Gasteiger charge is 2.18. The Morgan fingerprint density at radius 3 is 2.68 bits per heavy atom. The highest BCUT2D eigenvalue weighted by atomic mass is 32.1. The van der Waals surface area contributed by atoms with Gasteiger partial charge in [0.2, 0.25) is 0 Å². The van der Waals surface area contributed by atoms with Gasteiger partial charge in [-0.1, -0.05) is 26.0 Å². The summed E-state index contributed by atoms with van der Waals surface area (Å²) in [5.41, 5.74) is 4.36. The highest BCUT2D eigenvalue weighted by molar-refractivity contribution is 7.10. The summed E-state index contributed by atoms with van der Waals surface area (Å²) in [7, 11) is 0. The number of thiophene rings is 1. The second-order valence-corrected chi connectivity index (χ2v) is 6.70. The number of hydrogen-bond acceptors (Lipinski definition) is 2. The molecule has 0 amide bonds. The first-order chi connectivity index (χ1) is 9.24. The molecule has 0 radical (unpaired) electrons. The second kappa shape index (κ2) is 5.38. The highest BCUT2D eigenvalue weighted by Crippen LogP contribution is 2.31. The van der Waals surface area contributed by atoms with Crippen LogP contribution in [0.3, 0.4) is 0 Å². The smallest absolute Gasteiger partial charge is 0.0629 e. The van der Waals surface area contributed by atoms with Crippen molar-refractivity contribution in [1.82, 2.24) is 0 Å². The van der Waals surface area contributed by atoms with Gasteiger partial charge in [-0.25, -0.2) is 0 Å². The summed E-state index contributed by atoms with van der Waals surface area (Å²) in [6, 6.07) is 11.7. The fourth-order valence-electron chi connectivity index (χ4n) is 2.88. The topological polar surface area (TPSA) is 12.0 Å². The monoisotopic (exact) mass is 271 g/mol. The molecule has 0 aliphatic heterocycles. The third kappa shape index (κ3) is 2.69. The van der Waals surface area contributed by atoms with E-state index in [4.69, 9.17) is 0 Å². The summed E-state index contributed by atoms with van der Waals surface area (Å²) in [4.78, 5) is 1.43. The standard InChI is InChI=1S/C17H21NS/c1-12(2)17(16-7-4-10-19-16)18-15-9-8-13-5-3-6-14(13)11-15/h4,7-12,17-18H,3,5-6H2,1-2H3. The van der Waals surface area contributed by atoms with Gasteiger partial charge in [0.15, 0.2) is 0 Å². The summed E-state index contributed by atoms with van der Waals surface area (Å²) in [6.07, 6.45) is 3.82. The van der Waals surface area contributed by atoms with Gasteiger partial charge in [0, 0.05) is 10.6 Å². The molecule has 1 aliphatic carbocycles. The van der Waals surface area contributed by atoms with Crippen molar-refractivity contribution in [3.63, 3.8) is 0 Å². The summed E-state index contributed by atoms with van der Waals surface area (Å²) >= 11 is 1.84. The number of aryl methyl sites for hydroxylation is 2. The van der Waals surface area contributed by atoms with E-state index in [9.17, 15) is 0 Å². The van der Waals surface area contributed by atoms with Crippen molar-refractivity contribution in [2.75, 3.05) is 5.32 Å². The molecule has 19 heavy (non-hydrogen) atoms. The quantitative estimate of drug-likeness (QED) is 0.821. The largest absolute Gasteiger partial charge is 0.377 e. The lowest BCUT2D eigenvalue weighted by Gasteiger charge is -2.23. The molecule has 1 aliphatic rings. The zero-order valence-corrected chi connectivity index (χ0v) is 12.5. The van der Waals surface area contributed by atoms with Gasteiger partial charge in [-0.15, -0.1) is 11.3 Å². The van der Waals surface area contributed by atoms with Crippen molar-refractivity contribution >= 4 is 17.0 Å². The molecule has 1 nitrogen and oxygen atoms in total. The third-order valence-electron chi connectivity index (χ3n) is 3.94. The van der Waals surface area contributed by atoms with Gasteiger partial charge in [-0.3, -0.25) is 0 Å². The predicted molar refractivity (Wildman–Crippen MR) is 84.0 cm³/mol. The molecule has 1 atom stereocenters. The summed E-state index contributed by atoms with van der Waals surface area (Å²) in [6.45, 7) is 4.56. The lowest BCUT2D eigenvalue weighted by atomic mass is 10.0. The van der Waals surface area contributed by atoms with Gasteiger partial charge in [-0.05, 0) is 59.9 Å². The van der Waals surface area contributed by atoms with Gasteiger partial charge in [0.1, 0.15) is 0 Å². The van der Waals surface area contributed by atoms with Crippen LogP contribution in [0.1, 0.15) is 42.3 Å². The van der Waals surface area contributed by atoms with Crippen LogP contribution in [0.25, 0.3) is 0 Å². The molecule has 1 unspecified atom stereocenters. The Morgan fingerprint density at radius 1 is 1.11 bits per heavy atom. The molecule has 100 valence electrons. The normalized spacial score (nSPS) is 15.5. The van der Waals surface area contributed by atoms with E-state index < -0.39 is 0 Å². The first-order valence-corrected chi connectivity index (χ1v) is 8.04. The third-order valence-corrected chi connectivity index (χ3v) is 4.89. The number of nitrogens with one attached hydrogen (secondary N) is 1. The SMILES string of the molecule is CC(C)C(Nc1ccc2c(c1)CCC2)c1cccs1. The number of hydrogen-bond donors (Lipinski definition) is 1. The minimum atomic E-state index is 0.416. The van der Waals surface area contributed by atoms with Crippen molar-refractivity contribution in [1.29, 1.82) is 0 Å². The van der Waals surface area contributed by atoms with Crippen LogP contribution < -0.4 is 5.32 Å². The molecule has 1 aromatic carbocycles. The van der Waals surface area contributed by atoms with E-state index in [0.29, 0.717) is 12.0 Å².